The number of nitriles is 1. The minimum atomic E-state index is -0.227. The molecule has 0 aromatic heterocycles. The summed E-state index contributed by atoms with van der Waals surface area (Å²) in [5, 5.41) is 10.2. The van der Waals surface area contributed by atoms with Crippen molar-refractivity contribution in [1.29, 1.82) is 5.26 Å². The van der Waals surface area contributed by atoms with Gasteiger partial charge in [0.25, 0.3) is 0 Å². The Morgan fingerprint density at radius 2 is 2.54 bits per heavy atom. The van der Waals surface area contributed by atoms with Gasteiger partial charge in [0.15, 0.2) is 0 Å². The number of esters is 1. The largest absolute Gasteiger partial charge is 0.465 e. The summed E-state index contributed by atoms with van der Waals surface area (Å²) in [5.74, 6) is -0.240. The molecule has 0 radical (unpaired) electrons. The van der Waals surface area contributed by atoms with Gasteiger partial charge in [0.1, 0.15) is 5.25 Å². The molecule has 0 fully saturated rings. The van der Waals surface area contributed by atoms with E-state index in [9.17, 15) is 4.79 Å². The molecular formula is C9H11NO2S. The number of allylic oxidation sites excluding steroid dienone is 1. The van der Waals surface area contributed by atoms with Gasteiger partial charge in [-0.05, 0) is 12.3 Å². The van der Waals surface area contributed by atoms with Crippen LogP contribution in [0, 0.1) is 17.2 Å². The van der Waals surface area contributed by atoms with E-state index >= 15 is 0 Å². The van der Waals surface area contributed by atoms with Crippen molar-refractivity contribution in [2.24, 2.45) is 5.92 Å². The van der Waals surface area contributed by atoms with E-state index in [0.29, 0.717) is 12.2 Å². The van der Waals surface area contributed by atoms with Crippen molar-refractivity contribution < 1.29 is 9.53 Å². The van der Waals surface area contributed by atoms with Crippen LogP contribution in [-0.2, 0) is 9.53 Å². The van der Waals surface area contributed by atoms with Crippen LogP contribution in [0.1, 0.15) is 13.8 Å². The SMILES string of the molecule is CCOC(=O)C1SC=C(C#N)C1C. The van der Waals surface area contributed by atoms with Crippen molar-refractivity contribution in [2.45, 2.75) is 19.1 Å². The van der Waals surface area contributed by atoms with Crippen LogP contribution in [0.3, 0.4) is 0 Å². The maximum Gasteiger partial charge on any atom is 0.320 e. The maximum atomic E-state index is 11.3. The van der Waals surface area contributed by atoms with E-state index in [-0.39, 0.29) is 17.1 Å². The molecule has 70 valence electrons. The highest BCUT2D eigenvalue weighted by molar-refractivity contribution is 8.03. The summed E-state index contributed by atoms with van der Waals surface area (Å²) in [6.07, 6.45) is 0. The fourth-order valence-electron chi connectivity index (χ4n) is 1.15. The Morgan fingerprint density at radius 1 is 1.85 bits per heavy atom. The molecule has 4 heteroatoms. The predicted molar refractivity (Wildman–Crippen MR) is 50.9 cm³/mol. The Hall–Kier alpha value is -0.950. The van der Waals surface area contributed by atoms with Crippen molar-refractivity contribution >= 4 is 17.7 Å². The zero-order valence-corrected chi connectivity index (χ0v) is 8.43. The normalized spacial score (nSPS) is 26.4. The molecule has 13 heavy (non-hydrogen) atoms. The lowest BCUT2D eigenvalue weighted by atomic mass is 10.0. The summed E-state index contributed by atoms with van der Waals surface area (Å²) in [7, 11) is 0. The second kappa shape index (κ2) is 4.33. The summed E-state index contributed by atoms with van der Waals surface area (Å²) in [6, 6.07) is 2.07. The van der Waals surface area contributed by atoms with Gasteiger partial charge in [0, 0.05) is 11.5 Å². The van der Waals surface area contributed by atoms with Crippen LogP contribution in [0.5, 0.6) is 0 Å². The van der Waals surface area contributed by atoms with E-state index in [1.807, 2.05) is 6.92 Å². The van der Waals surface area contributed by atoms with E-state index in [2.05, 4.69) is 6.07 Å². The smallest absolute Gasteiger partial charge is 0.320 e. The maximum absolute atomic E-state index is 11.3. The van der Waals surface area contributed by atoms with Crippen LogP contribution < -0.4 is 0 Å². The van der Waals surface area contributed by atoms with E-state index in [1.165, 1.54) is 11.8 Å². The van der Waals surface area contributed by atoms with Crippen LogP contribution in [-0.4, -0.2) is 17.8 Å². The number of nitrogens with zero attached hydrogens (tertiary/aromatic N) is 1. The Bertz CT molecular complexity index is 280. The molecule has 2 atom stereocenters. The van der Waals surface area contributed by atoms with Gasteiger partial charge in [-0.1, -0.05) is 6.92 Å². The highest BCUT2D eigenvalue weighted by Gasteiger charge is 2.33. The quantitative estimate of drug-likeness (QED) is 0.632. The monoisotopic (exact) mass is 197 g/mol. The molecule has 0 spiro atoms. The molecule has 3 nitrogen and oxygen atoms in total. The lowest BCUT2D eigenvalue weighted by Gasteiger charge is -2.13. The lowest BCUT2D eigenvalue weighted by molar-refractivity contribution is -0.143. The minimum Gasteiger partial charge on any atom is -0.465 e. The molecule has 0 bridgehead atoms. The summed E-state index contributed by atoms with van der Waals surface area (Å²) in [5.41, 5.74) is 0.669. The zero-order chi connectivity index (χ0) is 9.84. The molecule has 0 amide bonds. The second-order valence-electron chi connectivity index (χ2n) is 2.78. The first-order valence-corrected chi connectivity index (χ1v) is 5.07. The summed E-state index contributed by atoms with van der Waals surface area (Å²) in [4.78, 5) is 11.3. The van der Waals surface area contributed by atoms with E-state index in [0.717, 1.165) is 0 Å². The number of carbonyl (C=O) groups is 1. The van der Waals surface area contributed by atoms with Gasteiger partial charge in [-0.15, -0.1) is 11.8 Å². The molecule has 1 heterocycles. The van der Waals surface area contributed by atoms with Crippen molar-refractivity contribution in [1.82, 2.24) is 0 Å². The van der Waals surface area contributed by atoms with Gasteiger partial charge >= 0.3 is 5.97 Å². The molecule has 0 aromatic carbocycles. The fraction of sp³-hybridized carbons (Fsp3) is 0.556. The third kappa shape index (κ3) is 2.04. The summed E-state index contributed by atoms with van der Waals surface area (Å²) < 4.78 is 4.89. The average molecular weight is 197 g/mol. The molecule has 0 N–H and O–H groups in total. The van der Waals surface area contributed by atoms with Gasteiger partial charge in [-0.2, -0.15) is 5.26 Å². The van der Waals surface area contributed by atoms with Gasteiger partial charge in [0.05, 0.1) is 12.7 Å². The van der Waals surface area contributed by atoms with Crippen molar-refractivity contribution in [3.63, 3.8) is 0 Å². The van der Waals surface area contributed by atoms with Crippen molar-refractivity contribution in [2.75, 3.05) is 6.61 Å². The molecule has 0 saturated heterocycles. The first kappa shape index (κ1) is 10.1. The average Bonchev–Trinajstić information content (AvgIpc) is 2.47. The number of hydrogen-bond acceptors (Lipinski definition) is 4. The van der Waals surface area contributed by atoms with Crippen molar-refractivity contribution in [3.8, 4) is 6.07 Å². The molecule has 0 saturated carbocycles. The van der Waals surface area contributed by atoms with E-state index < -0.39 is 0 Å². The number of rotatable bonds is 2. The minimum absolute atomic E-state index is 0.0194. The zero-order valence-electron chi connectivity index (χ0n) is 7.61. The van der Waals surface area contributed by atoms with Gasteiger partial charge < -0.3 is 4.74 Å². The number of ether oxygens (including phenoxy) is 1. The topological polar surface area (TPSA) is 50.1 Å². The van der Waals surface area contributed by atoms with Gasteiger partial charge in [0.2, 0.25) is 0 Å². The van der Waals surface area contributed by atoms with Crippen molar-refractivity contribution in [3.05, 3.63) is 11.0 Å². The number of hydrogen-bond donors (Lipinski definition) is 0. The summed E-state index contributed by atoms with van der Waals surface area (Å²) >= 11 is 1.37. The molecule has 1 aliphatic rings. The predicted octanol–water partition coefficient (Wildman–Crippen LogP) is 1.71. The standard InChI is InChI=1S/C9H11NO2S/c1-3-12-9(11)8-6(2)7(4-10)5-13-8/h5-6,8H,3H2,1-2H3. The summed E-state index contributed by atoms with van der Waals surface area (Å²) in [6.45, 7) is 4.04. The van der Waals surface area contributed by atoms with Crippen LogP contribution >= 0.6 is 11.8 Å². The van der Waals surface area contributed by atoms with Crippen LogP contribution in [0.4, 0.5) is 0 Å². The molecule has 0 aliphatic carbocycles. The first-order valence-electron chi connectivity index (χ1n) is 4.13. The molecule has 2 unspecified atom stereocenters. The number of carbonyl (C=O) groups excluding carboxylic acids is 1. The molecule has 0 aromatic rings. The number of thioether (sulfide) groups is 1. The molecule has 1 rings (SSSR count). The van der Waals surface area contributed by atoms with Gasteiger partial charge in [-0.3, -0.25) is 4.79 Å². The Morgan fingerprint density at radius 3 is 3.00 bits per heavy atom. The fourth-order valence-corrected chi connectivity index (χ4v) is 2.27. The lowest BCUT2D eigenvalue weighted by Crippen LogP contribution is -2.24. The Balaban J connectivity index is 2.60. The van der Waals surface area contributed by atoms with E-state index in [1.54, 1.807) is 12.3 Å². The highest BCUT2D eigenvalue weighted by Crippen LogP contribution is 2.35. The second-order valence-corrected chi connectivity index (χ2v) is 3.80. The third-order valence-electron chi connectivity index (χ3n) is 1.93. The van der Waals surface area contributed by atoms with Crippen LogP contribution in [0.25, 0.3) is 0 Å². The molecular weight excluding hydrogens is 186 g/mol. The highest BCUT2D eigenvalue weighted by atomic mass is 32.2. The van der Waals surface area contributed by atoms with Crippen LogP contribution in [0.15, 0.2) is 11.0 Å². The third-order valence-corrected chi connectivity index (χ3v) is 3.22. The van der Waals surface area contributed by atoms with Gasteiger partial charge in [-0.25, -0.2) is 0 Å². The van der Waals surface area contributed by atoms with E-state index in [4.69, 9.17) is 10.00 Å². The Kier molecular flexibility index (Phi) is 3.38. The van der Waals surface area contributed by atoms with Crippen LogP contribution in [0.2, 0.25) is 0 Å². The Labute approximate surface area is 81.8 Å². The first-order chi connectivity index (χ1) is 6.20. The molecule has 1 aliphatic heterocycles.